The third kappa shape index (κ3) is 1.94. The SMILES string of the molecule is CC(C)C[C@@H](Cl)B1OC2CC3CC(C2O1)C3(C)C. The van der Waals surface area contributed by atoms with E-state index in [9.17, 15) is 0 Å². The molecule has 5 atom stereocenters. The Hall–Kier alpha value is 0.275. The number of rotatable bonds is 3. The fourth-order valence-corrected chi connectivity index (χ4v) is 4.57. The van der Waals surface area contributed by atoms with Gasteiger partial charge < -0.3 is 9.31 Å². The standard InChI is InChI=1S/C14H24BClO2/c1-8(2)5-12(16)15-17-11-7-9-6-10(13(11)18-15)14(9,3)4/h8-13H,5-7H2,1-4H3/t9?,10?,11?,12-,13?/m1/s1. The molecule has 1 aliphatic heterocycles. The Kier molecular flexibility index (Phi) is 3.24. The smallest absolute Gasteiger partial charge is 0.405 e. The minimum atomic E-state index is -0.181. The molecule has 2 bridgehead atoms. The summed E-state index contributed by atoms with van der Waals surface area (Å²) in [5.41, 5.74) is 0.444. The van der Waals surface area contributed by atoms with Crippen LogP contribution in [0.1, 0.15) is 47.0 Å². The Bertz CT molecular complexity index is 334. The number of halogens is 1. The summed E-state index contributed by atoms with van der Waals surface area (Å²) < 4.78 is 12.2. The Balaban J connectivity index is 1.65. The van der Waals surface area contributed by atoms with Crippen LogP contribution in [0.25, 0.3) is 0 Å². The number of hydrogen-bond acceptors (Lipinski definition) is 2. The summed E-state index contributed by atoms with van der Waals surface area (Å²) in [5.74, 6) is 2.09. The summed E-state index contributed by atoms with van der Waals surface area (Å²) in [4.78, 5) is 0. The fraction of sp³-hybridized carbons (Fsp3) is 1.00. The zero-order chi connectivity index (χ0) is 13.1. The molecule has 4 rings (SSSR count). The van der Waals surface area contributed by atoms with Crippen molar-refractivity contribution in [3.05, 3.63) is 0 Å². The maximum atomic E-state index is 6.43. The topological polar surface area (TPSA) is 18.5 Å². The van der Waals surface area contributed by atoms with Gasteiger partial charge in [0.2, 0.25) is 0 Å². The van der Waals surface area contributed by atoms with Crippen LogP contribution in [0.2, 0.25) is 0 Å². The first-order valence-corrected chi connectivity index (χ1v) is 7.78. The van der Waals surface area contributed by atoms with Gasteiger partial charge in [0.1, 0.15) is 0 Å². The van der Waals surface area contributed by atoms with Crippen molar-refractivity contribution < 1.29 is 9.31 Å². The highest BCUT2D eigenvalue weighted by Gasteiger charge is 2.62. The van der Waals surface area contributed by atoms with E-state index in [2.05, 4.69) is 27.7 Å². The molecule has 3 aliphatic carbocycles. The summed E-state index contributed by atoms with van der Waals surface area (Å²) in [7, 11) is -0.181. The molecule has 4 heteroatoms. The highest BCUT2D eigenvalue weighted by atomic mass is 35.5. The van der Waals surface area contributed by atoms with Gasteiger partial charge in [-0.3, -0.25) is 0 Å². The van der Waals surface area contributed by atoms with Crippen LogP contribution in [0.15, 0.2) is 0 Å². The van der Waals surface area contributed by atoms with Gasteiger partial charge in [0.25, 0.3) is 0 Å². The highest BCUT2D eigenvalue weighted by Crippen LogP contribution is 2.61. The first kappa shape index (κ1) is 13.3. The molecular weight excluding hydrogens is 246 g/mol. The molecule has 0 spiro atoms. The molecule has 4 fully saturated rings. The van der Waals surface area contributed by atoms with Gasteiger partial charge in [-0.2, -0.15) is 0 Å². The van der Waals surface area contributed by atoms with E-state index in [1.165, 1.54) is 6.42 Å². The summed E-state index contributed by atoms with van der Waals surface area (Å²) in [6.45, 7) is 9.14. The van der Waals surface area contributed by atoms with Gasteiger partial charge in [0.15, 0.2) is 0 Å². The van der Waals surface area contributed by atoms with Crippen LogP contribution in [0.5, 0.6) is 0 Å². The van der Waals surface area contributed by atoms with Gasteiger partial charge in [-0.1, -0.05) is 27.7 Å². The summed E-state index contributed by atoms with van der Waals surface area (Å²) >= 11 is 6.43. The summed E-state index contributed by atoms with van der Waals surface area (Å²) in [6, 6.07) is 0. The Labute approximate surface area is 116 Å². The molecular formula is C14H24BClO2. The monoisotopic (exact) mass is 270 g/mol. The van der Waals surface area contributed by atoms with Crippen LogP contribution in [-0.4, -0.2) is 24.6 Å². The van der Waals surface area contributed by atoms with Crippen molar-refractivity contribution in [1.29, 1.82) is 0 Å². The first-order valence-electron chi connectivity index (χ1n) is 7.34. The van der Waals surface area contributed by atoms with Crippen molar-refractivity contribution in [3.63, 3.8) is 0 Å². The van der Waals surface area contributed by atoms with E-state index in [1.54, 1.807) is 0 Å². The van der Waals surface area contributed by atoms with Gasteiger partial charge in [0.05, 0.1) is 17.5 Å². The molecule has 0 aromatic carbocycles. The van der Waals surface area contributed by atoms with Gasteiger partial charge in [0, 0.05) is 0 Å². The summed E-state index contributed by atoms with van der Waals surface area (Å²) in [6.07, 6.45) is 4.05. The zero-order valence-electron chi connectivity index (χ0n) is 11.9. The summed E-state index contributed by atoms with van der Waals surface area (Å²) in [5, 5.41) is -0.00378. The second kappa shape index (κ2) is 4.39. The second-order valence-corrected chi connectivity index (χ2v) is 7.95. The normalized spacial score (nSPS) is 42.7. The van der Waals surface area contributed by atoms with Gasteiger partial charge in [-0.25, -0.2) is 0 Å². The molecule has 0 amide bonds. The Morgan fingerprint density at radius 3 is 2.61 bits per heavy atom. The average Bonchev–Trinajstić information content (AvgIpc) is 2.70. The van der Waals surface area contributed by atoms with E-state index in [-0.39, 0.29) is 12.4 Å². The van der Waals surface area contributed by atoms with Crippen LogP contribution >= 0.6 is 11.6 Å². The molecule has 0 aromatic rings. The minimum absolute atomic E-state index is 0.00378. The molecule has 0 N–H and O–H groups in total. The first-order chi connectivity index (χ1) is 8.39. The highest BCUT2D eigenvalue weighted by molar-refractivity contribution is 6.59. The van der Waals surface area contributed by atoms with Crippen LogP contribution in [0, 0.1) is 23.2 Å². The molecule has 2 nitrogen and oxygen atoms in total. The predicted octanol–water partition coefficient (Wildman–Crippen LogP) is 3.52. The molecule has 0 aromatic heterocycles. The van der Waals surface area contributed by atoms with Gasteiger partial charge >= 0.3 is 7.12 Å². The lowest BCUT2D eigenvalue weighted by Gasteiger charge is -2.60. The molecule has 0 radical (unpaired) electrons. The number of hydrogen-bond donors (Lipinski definition) is 0. The average molecular weight is 271 g/mol. The molecule has 3 saturated carbocycles. The predicted molar refractivity (Wildman–Crippen MR) is 74.6 cm³/mol. The van der Waals surface area contributed by atoms with E-state index >= 15 is 0 Å². The van der Waals surface area contributed by atoms with Crippen molar-refractivity contribution in [2.75, 3.05) is 0 Å². The Morgan fingerprint density at radius 1 is 1.28 bits per heavy atom. The van der Waals surface area contributed by atoms with Crippen molar-refractivity contribution in [1.82, 2.24) is 0 Å². The van der Waals surface area contributed by atoms with Crippen molar-refractivity contribution in [2.45, 2.75) is 64.4 Å². The van der Waals surface area contributed by atoms with Crippen LogP contribution in [0.3, 0.4) is 0 Å². The molecule has 1 saturated heterocycles. The van der Waals surface area contributed by atoms with Crippen molar-refractivity contribution in [2.24, 2.45) is 23.2 Å². The maximum Gasteiger partial charge on any atom is 0.476 e. The molecule has 18 heavy (non-hydrogen) atoms. The van der Waals surface area contributed by atoms with E-state index in [1.807, 2.05) is 0 Å². The maximum absolute atomic E-state index is 6.43. The largest absolute Gasteiger partial charge is 0.476 e. The van der Waals surface area contributed by atoms with Crippen molar-refractivity contribution >= 4 is 18.7 Å². The van der Waals surface area contributed by atoms with E-state index in [0.29, 0.717) is 29.5 Å². The van der Waals surface area contributed by atoms with Gasteiger partial charge in [-0.05, 0) is 42.4 Å². The third-order valence-electron chi connectivity index (χ3n) is 5.42. The molecule has 4 unspecified atom stereocenters. The molecule has 102 valence electrons. The zero-order valence-corrected chi connectivity index (χ0v) is 12.6. The molecule has 4 aliphatic rings. The van der Waals surface area contributed by atoms with E-state index < -0.39 is 0 Å². The van der Waals surface area contributed by atoms with Crippen LogP contribution in [0.4, 0.5) is 0 Å². The third-order valence-corrected chi connectivity index (χ3v) is 5.80. The van der Waals surface area contributed by atoms with E-state index in [0.717, 1.165) is 18.8 Å². The Morgan fingerprint density at radius 2 is 2.00 bits per heavy atom. The fourth-order valence-electron chi connectivity index (χ4n) is 4.09. The van der Waals surface area contributed by atoms with Crippen molar-refractivity contribution in [3.8, 4) is 0 Å². The minimum Gasteiger partial charge on any atom is -0.405 e. The molecule has 1 heterocycles. The lowest BCUT2D eigenvalue weighted by atomic mass is 9.47. The quantitative estimate of drug-likeness (QED) is 0.577. The van der Waals surface area contributed by atoms with Gasteiger partial charge in [-0.15, -0.1) is 11.6 Å². The number of alkyl halides is 1. The lowest BCUT2D eigenvalue weighted by Crippen LogP contribution is -2.59. The van der Waals surface area contributed by atoms with Crippen LogP contribution in [-0.2, 0) is 9.31 Å². The second-order valence-electron chi connectivity index (χ2n) is 7.39. The van der Waals surface area contributed by atoms with E-state index in [4.69, 9.17) is 20.9 Å². The van der Waals surface area contributed by atoms with Crippen LogP contribution < -0.4 is 0 Å². The lowest BCUT2D eigenvalue weighted by molar-refractivity contribution is -0.150.